The molecule has 0 nitrogen and oxygen atoms in total. The zero-order valence-corrected chi connectivity index (χ0v) is 13.0. The Hall–Kier alpha value is -1.26. The highest BCUT2D eigenvalue weighted by atomic mass is 127. The molecule has 0 atom stereocenters. The summed E-state index contributed by atoms with van der Waals surface area (Å²) in [7, 11) is -6.00. The van der Waals surface area contributed by atoms with E-state index in [2.05, 4.69) is 0 Å². The fraction of sp³-hybridized carbons (Fsp3) is 0.0769. The Morgan fingerprint density at radius 3 is 1.50 bits per heavy atom. The minimum atomic E-state index is -6.00. The molecule has 0 radical (unpaired) electrons. The van der Waals surface area contributed by atoms with Gasteiger partial charge in [-0.25, -0.2) is 0 Å². The second-order valence-corrected chi connectivity index (χ2v) is 6.92. The highest BCUT2D eigenvalue weighted by molar-refractivity contribution is 6.50. The predicted molar refractivity (Wildman–Crippen MR) is 65.5 cm³/mol. The van der Waals surface area contributed by atoms with E-state index in [1.54, 1.807) is 12.1 Å². The normalized spacial score (nSPS) is 11.6. The van der Waals surface area contributed by atoms with Gasteiger partial charge in [0, 0.05) is 0 Å². The summed E-state index contributed by atoms with van der Waals surface area (Å²) in [5.41, 5.74) is -0.585. The average Bonchev–Trinajstić information content (AvgIpc) is 2.37. The van der Waals surface area contributed by atoms with Crippen LogP contribution in [0.15, 0.2) is 54.6 Å². The number of benzene rings is 2. The largest absolute Gasteiger partial charge is 0.673 e. The molecule has 2 aromatic rings. The summed E-state index contributed by atoms with van der Waals surface area (Å²) in [6.45, 7) is 0. The first kappa shape index (κ1) is 18.8. The van der Waals surface area contributed by atoms with Crippen molar-refractivity contribution in [1.29, 1.82) is 0 Å². The van der Waals surface area contributed by atoms with E-state index in [0.29, 0.717) is 0 Å². The van der Waals surface area contributed by atoms with E-state index in [4.69, 9.17) is 0 Å². The molecule has 9 heteroatoms. The fourth-order valence-electron chi connectivity index (χ4n) is 1.31. The molecule has 0 heterocycles. The molecule has 0 aliphatic rings. The molecule has 2 rings (SSSR count). The Morgan fingerprint density at radius 2 is 1.09 bits per heavy atom. The average molecular weight is 436 g/mol. The van der Waals surface area contributed by atoms with Crippen LogP contribution < -0.4 is 21.2 Å². The molecule has 120 valence electrons. The van der Waals surface area contributed by atoms with Crippen molar-refractivity contribution >= 4 is 7.25 Å². The monoisotopic (exact) mass is 436 g/mol. The van der Waals surface area contributed by atoms with Crippen LogP contribution in [0.25, 0.3) is 0 Å². The van der Waals surface area contributed by atoms with Gasteiger partial charge < -0.3 is 17.3 Å². The molecule has 0 aliphatic heterocycles. The smallest absolute Gasteiger partial charge is 0.418 e. The lowest BCUT2D eigenvalue weighted by atomic mass is 10.2. The Morgan fingerprint density at radius 1 is 0.682 bits per heavy atom. The standard InChI is InChI=1S/C13H9F3I.BF4/c14-13(15,16)10-6-8-12(9-7-10)17-11-4-2-1-3-5-11;2-1(3,4)5/h1-9H;/q+1;-1. The van der Waals surface area contributed by atoms with Gasteiger partial charge in [-0.15, -0.1) is 0 Å². The van der Waals surface area contributed by atoms with Gasteiger partial charge in [0.25, 0.3) is 0 Å². The van der Waals surface area contributed by atoms with Gasteiger partial charge in [-0.05, 0) is 36.4 Å². The summed E-state index contributed by atoms with van der Waals surface area (Å²) < 4.78 is 78.3. The molecule has 0 fully saturated rings. The zero-order valence-electron chi connectivity index (χ0n) is 10.8. The van der Waals surface area contributed by atoms with Crippen LogP contribution in [0.2, 0.25) is 0 Å². The summed E-state index contributed by atoms with van der Waals surface area (Å²) in [5, 5.41) is 0. The van der Waals surface area contributed by atoms with E-state index in [-0.39, 0.29) is 21.2 Å². The van der Waals surface area contributed by atoms with Crippen LogP contribution in [-0.4, -0.2) is 7.25 Å². The number of hydrogen-bond acceptors (Lipinski definition) is 0. The van der Waals surface area contributed by atoms with E-state index < -0.39 is 19.0 Å². The molecular weight excluding hydrogens is 427 g/mol. The molecular formula is C13H9BF7I. The predicted octanol–water partition coefficient (Wildman–Crippen LogP) is 2.13. The van der Waals surface area contributed by atoms with Crippen LogP contribution in [-0.2, 0) is 6.18 Å². The molecule has 0 spiro atoms. The Balaban J connectivity index is 0.000000422. The minimum absolute atomic E-state index is 0.388. The third kappa shape index (κ3) is 8.25. The molecule has 0 aliphatic carbocycles. The summed E-state index contributed by atoms with van der Waals surface area (Å²) in [6.07, 6.45) is -4.25. The third-order valence-corrected chi connectivity index (χ3v) is 4.81. The van der Waals surface area contributed by atoms with Gasteiger partial charge in [-0.3, -0.25) is 0 Å². The minimum Gasteiger partial charge on any atom is -0.418 e. The van der Waals surface area contributed by atoms with Gasteiger partial charge in [0.15, 0.2) is 7.14 Å². The van der Waals surface area contributed by atoms with Crippen molar-refractivity contribution in [3.8, 4) is 0 Å². The van der Waals surface area contributed by atoms with E-state index >= 15 is 0 Å². The molecule has 22 heavy (non-hydrogen) atoms. The first-order valence-corrected chi connectivity index (χ1v) is 7.96. The molecule has 0 unspecified atom stereocenters. The van der Waals surface area contributed by atoms with Crippen molar-refractivity contribution in [2.45, 2.75) is 6.18 Å². The number of alkyl halides is 3. The van der Waals surface area contributed by atoms with Crippen molar-refractivity contribution in [2.75, 3.05) is 0 Å². The molecule has 0 aromatic heterocycles. The van der Waals surface area contributed by atoms with Crippen LogP contribution in [0.1, 0.15) is 5.56 Å². The first-order chi connectivity index (χ1) is 10.1. The quantitative estimate of drug-likeness (QED) is 0.385. The van der Waals surface area contributed by atoms with Gasteiger partial charge in [0.2, 0.25) is 0 Å². The lowest BCUT2D eigenvalue weighted by Gasteiger charge is -2.04. The van der Waals surface area contributed by atoms with E-state index in [0.717, 1.165) is 15.7 Å². The fourth-order valence-corrected chi connectivity index (χ4v) is 3.52. The first-order valence-electron chi connectivity index (χ1n) is 5.80. The lowest BCUT2D eigenvalue weighted by Crippen LogP contribution is -3.61. The van der Waals surface area contributed by atoms with Gasteiger partial charge >= 0.3 is 34.6 Å². The Kier molecular flexibility index (Phi) is 6.70. The Bertz CT molecular complexity index is 558. The third-order valence-electron chi connectivity index (χ3n) is 2.12. The number of rotatable bonds is 2. The second kappa shape index (κ2) is 7.84. The molecule has 2 aromatic carbocycles. The maximum Gasteiger partial charge on any atom is 0.673 e. The summed E-state index contributed by atoms with van der Waals surface area (Å²) in [6, 6.07) is 15.3. The Labute approximate surface area is 132 Å². The van der Waals surface area contributed by atoms with Crippen molar-refractivity contribution in [3.63, 3.8) is 0 Å². The van der Waals surface area contributed by atoms with Crippen LogP contribution in [0.4, 0.5) is 30.4 Å². The highest BCUT2D eigenvalue weighted by Gasteiger charge is 2.30. The number of halogens is 8. The van der Waals surface area contributed by atoms with Crippen molar-refractivity contribution in [1.82, 2.24) is 0 Å². The van der Waals surface area contributed by atoms with Crippen LogP contribution >= 0.6 is 0 Å². The van der Waals surface area contributed by atoms with Crippen LogP contribution in [0, 0.1) is 7.14 Å². The maximum atomic E-state index is 12.4. The van der Waals surface area contributed by atoms with Crippen molar-refractivity contribution < 1.29 is 51.6 Å². The summed E-state index contributed by atoms with van der Waals surface area (Å²) in [5.74, 6) is 0. The SMILES string of the molecule is FC(F)(F)c1ccc([I+]c2ccccc2)cc1.F[B-](F)(F)F. The maximum absolute atomic E-state index is 12.4. The van der Waals surface area contributed by atoms with Crippen LogP contribution in [0.5, 0.6) is 0 Å². The lowest BCUT2D eigenvalue weighted by molar-refractivity contribution is -0.597. The van der Waals surface area contributed by atoms with Gasteiger partial charge in [0.1, 0.15) is 0 Å². The topological polar surface area (TPSA) is 0 Å². The van der Waals surface area contributed by atoms with E-state index in [1.807, 2.05) is 30.3 Å². The molecule has 0 saturated heterocycles. The summed E-state index contributed by atoms with van der Waals surface area (Å²) in [4.78, 5) is 0. The van der Waals surface area contributed by atoms with Crippen molar-refractivity contribution in [3.05, 3.63) is 67.3 Å². The molecule has 0 saturated carbocycles. The second-order valence-electron chi connectivity index (χ2n) is 3.89. The highest BCUT2D eigenvalue weighted by Crippen LogP contribution is 2.28. The van der Waals surface area contributed by atoms with Gasteiger partial charge in [0.05, 0.1) is 5.56 Å². The molecule has 0 N–H and O–H groups in total. The molecule has 0 amide bonds. The van der Waals surface area contributed by atoms with E-state index in [1.165, 1.54) is 3.57 Å². The zero-order chi connectivity index (χ0) is 16.8. The van der Waals surface area contributed by atoms with Gasteiger partial charge in [-0.2, -0.15) is 13.2 Å². The van der Waals surface area contributed by atoms with Gasteiger partial charge in [-0.1, -0.05) is 18.2 Å². The van der Waals surface area contributed by atoms with E-state index in [9.17, 15) is 30.4 Å². The molecule has 0 bridgehead atoms. The summed E-state index contributed by atoms with van der Waals surface area (Å²) >= 11 is -0.388. The van der Waals surface area contributed by atoms with Crippen LogP contribution in [0.3, 0.4) is 0 Å². The van der Waals surface area contributed by atoms with Crippen molar-refractivity contribution in [2.24, 2.45) is 0 Å². The number of hydrogen-bond donors (Lipinski definition) is 0.